The van der Waals surface area contributed by atoms with Gasteiger partial charge in [0.1, 0.15) is 17.3 Å². The maximum absolute atomic E-state index is 13.4. The van der Waals surface area contributed by atoms with Crippen molar-refractivity contribution in [2.24, 2.45) is 7.05 Å². The molecule has 0 aliphatic carbocycles. The SMILES string of the molecule is Cn1ccc(C(=O)N2CCc3nc(-c4cccnc4)nc(Nc4ccc(F)cc4)c3C2)n1. The lowest BCUT2D eigenvalue weighted by Crippen LogP contribution is -2.37. The normalized spacial score (nSPS) is 13.0. The summed E-state index contributed by atoms with van der Waals surface area (Å²) in [4.78, 5) is 28.4. The van der Waals surface area contributed by atoms with E-state index in [1.165, 1.54) is 12.1 Å². The molecule has 1 N–H and O–H groups in total. The number of pyridine rings is 1. The number of aromatic nitrogens is 5. The van der Waals surface area contributed by atoms with Crippen molar-refractivity contribution in [3.8, 4) is 11.4 Å². The van der Waals surface area contributed by atoms with Crippen molar-refractivity contribution in [2.75, 3.05) is 11.9 Å². The van der Waals surface area contributed by atoms with Crippen molar-refractivity contribution in [2.45, 2.75) is 13.0 Å². The van der Waals surface area contributed by atoms with Crippen molar-refractivity contribution in [1.29, 1.82) is 0 Å². The molecular weight excluding hydrogens is 409 g/mol. The molecule has 0 bridgehead atoms. The van der Waals surface area contributed by atoms with Crippen LogP contribution in [0.5, 0.6) is 0 Å². The van der Waals surface area contributed by atoms with E-state index in [9.17, 15) is 9.18 Å². The molecule has 1 aliphatic heterocycles. The quantitative estimate of drug-likeness (QED) is 0.535. The van der Waals surface area contributed by atoms with E-state index in [1.807, 2.05) is 12.1 Å². The number of hydrogen-bond acceptors (Lipinski definition) is 6. The van der Waals surface area contributed by atoms with E-state index in [2.05, 4.69) is 15.4 Å². The molecule has 160 valence electrons. The number of hydrogen-bond donors (Lipinski definition) is 1. The minimum atomic E-state index is -0.316. The summed E-state index contributed by atoms with van der Waals surface area (Å²) in [7, 11) is 1.78. The van der Waals surface area contributed by atoms with Crippen molar-refractivity contribution in [1.82, 2.24) is 29.6 Å². The highest BCUT2D eigenvalue weighted by Crippen LogP contribution is 2.29. The van der Waals surface area contributed by atoms with E-state index < -0.39 is 0 Å². The molecule has 4 heterocycles. The Morgan fingerprint density at radius 3 is 2.69 bits per heavy atom. The van der Waals surface area contributed by atoms with E-state index in [1.54, 1.807) is 53.4 Å². The number of carbonyl (C=O) groups is 1. The Balaban J connectivity index is 1.53. The number of carbonyl (C=O) groups excluding carboxylic acids is 1. The number of benzene rings is 1. The Bertz CT molecular complexity index is 1270. The lowest BCUT2D eigenvalue weighted by molar-refractivity contribution is 0.0727. The lowest BCUT2D eigenvalue weighted by atomic mass is 10.0. The number of nitrogens with one attached hydrogen (secondary N) is 1. The zero-order chi connectivity index (χ0) is 22.1. The van der Waals surface area contributed by atoms with Gasteiger partial charge in [-0.1, -0.05) is 0 Å². The Labute approximate surface area is 183 Å². The summed E-state index contributed by atoms with van der Waals surface area (Å²) in [5.41, 5.74) is 3.59. The minimum Gasteiger partial charge on any atom is -0.340 e. The van der Waals surface area contributed by atoms with Gasteiger partial charge in [-0.15, -0.1) is 0 Å². The van der Waals surface area contributed by atoms with E-state index in [0.717, 1.165) is 16.8 Å². The highest BCUT2D eigenvalue weighted by molar-refractivity contribution is 5.92. The molecule has 8 nitrogen and oxygen atoms in total. The molecule has 0 atom stereocenters. The summed E-state index contributed by atoms with van der Waals surface area (Å²) >= 11 is 0. The second kappa shape index (κ2) is 8.18. The number of anilines is 2. The molecule has 0 fully saturated rings. The summed E-state index contributed by atoms with van der Waals surface area (Å²) in [6.07, 6.45) is 5.74. The van der Waals surface area contributed by atoms with Crippen molar-refractivity contribution >= 4 is 17.4 Å². The predicted molar refractivity (Wildman–Crippen MR) is 117 cm³/mol. The fourth-order valence-electron chi connectivity index (χ4n) is 3.68. The molecular formula is C23H20FN7O. The number of halogens is 1. The van der Waals surface area contributed by atoms with Gasteiger partial charge in [-0.05, 0) is 42.5 Å². The Morgan fingerprint density at radius 1 is 1.12 bits per heavy atom. The molecule has 0 saturated carbocycles. The first-order chi connectivity index (χ1) is 15.6. The van der Waals surface area contributed by atoms with E-state index in [0.29, 0.717) is 42.5 Å². The Kier molecular flexibility index (Phi) is 5.06. The van der Waals surface area contributed by atoms with Gasteiger partial charge in [-0.2, -0.15) is 5.10 Å². The first-order valence-corrected chi connectivity index (χ1v) is 10.2. The van der Waals surface area contributed by atoms with Crippen LogP contribution in [-0.2, 0) is 20.0 Å². The van der Waals surface area contributed by atoms with Crippen LogP contribution in [0.25, 0.3) is 11.4 Å². The van der Waals surface area contributed by atoms with Crippen LogP contribution >= 0.6 is 0 Å². The Morgan fingerprint density at radius 2 is 1.97 bits per heavy atom. The molecule has 3 aromatic heterocycles. The molecule has 0 spiro atoms. The standard InChI is InChI=1S/C23H20FN7O/c1-30-11-8-20(29-30)23(32)31-12-9-19-18(14-31)22(26-17-6-4-16(24)5-7-17)28-21(27-19)15-3-2-10-25-13-15/h2-8,10-11,13H,9,12,14H2,1H3,(H,26,27,28). The largest absolute Gasteiger partial charge is 0.340 e. The van der Waals surface area contributed by atoms with Gasteiger partial charge in [-0.3, -0.25) is 14.5 Å². The second-order valence-corrected chi connectivity index (χ2v) is 7.55. The highest BCUT2D eigenvalue weighted by Gasteiger charge is 2.27. The van der Waals surface area contributed by atoms with Crippen LogP contribution in [0.15, 0.2) is 61.1 Å². The fraction of sp³-hybridized carbons (Fsp3) is 0.174. The maximum atomic E-state index is 13.4. The van der Waals surface area contributed by atoms with E-state index in [-0.39, 0.29) is 11.7 Å². The van der Waals surface area contributed by atoms with Gasteiger partial charge in [0.25, 0.3) is 5.91 Å². The smallest absolute Gasteiger partial charge is 0.274 e. The van der Waals surface area contributed by atoms with Crippen LogP contribution in [0, 0.1) is 5.82 Å². The van der Waals surface area contributed by atoms with Crippen LogP contribution < -0.4 is 5.32 Å². The van der Waals surface area contributed by atoms with E-state index in [4.69, 9.17) is 9.97 Å². The summed E-state index contributed by atoms with van der Waals surface area (Å²) in [6.45, 7) is 0.878. The monoisotopic (exact) mass is 429 g/mol. The van der Waals surface area contributed by atoms with Crippen molar-refractivity contribution in [3.05, 3.63) is 83.8 Å². The highest BCUT2D eigenvalue weighted by atomic mass is 19.1. The average Bonchev–Trinajstić information content (AvgIpc) is 3.26. The molecule has 0 radical (unpaired) electrons. The summed E-state index contributed by atoms with van der Waals surface area (Å²) in [5.74, 6) is 0.675. The van der Waals surface area contributed by atoms with Gasteiger partial charge >= 0.3 is 0 Å². The maximum Gasteiger partial charge on any atom is 0.274 e. The van der Waals surface area contributed by atoms with Crippen LogP contribution in [0.2, 0.25) is 0 Å². The van der Waals surface area contributed by atoms with Crippen LogP contribution in [0.3, 0.4) is 0 Å². The number of fused-ring (bicyclic) bond motifs is 1. The molecule has 0 unspecified atom stereocenters. The van der Waals surface area contributed by atoms with Crippen LogP contribution in [-0.4, -0.2) is 42.1 Å². The number of rotatable bonds is 4. The first-order valence-electron chi connectivity index (χ1n) is 10.2. The second-order valence-electron chi connectivity index (χ2n) is 7.55. The zero-order valence-electron chi connectivity index (χ0n) is 17.4. The molecule has 1 aliphatic rings. The third kappa shape index (κ3) is 3.92. The molecule has 32 heavy (non-hydrogen) atoms. The van der Waals surface area contributed by atoms with Crippen molar-refractivity contribution < 1.29 is 9.18 Å². The molecule has 1 aromatic carbocycles. The molecule has 9 heteroatoms. The third-order valence-corrected chi connectivity index (χ3v) is 5.31. The van der Waals surface area contributed by atoms with Gasteiger partial charge in [0.15, 0.2) is 5.82 Å². The summed E-state index contributed by atoms with van der Waals surface area (Å²) in [5, 5.41) is 7.51. The fourth-order valence-corrected chi connectivity index (χ4v) is 3.68. The van der Waals surface area contributed by atoms with Gasteiger partial charge in [-0.25, -0.2) is 14.4 Å². The summed E-state index contributed by atoms with van der Waals surface area (Å²) in [6, 6.07) is 11.5. The minimum absolute atomic E-state index is 0.139. The van der Waals surface area contributed by atoms with Crippen molar-refractivity contribution in [3.63, 3.8) is 0 Å². The van der Waals surface area contributed by atoms with Crippen LogP contribution in [0.4, 0.5) is 15.9 Å². The molecule has 0 saturated heterocycles. The third-order valence-electron chi connectivity index (χ3n) is 5.31. The molecule has 1 amide bonds. The number of aryl methyl sites for hydroxylation is 1. The van der Waals surface area contributed by atoms with Gasteiger partial charge in [0.05, 0.1) is 12.2 Å². The number of amides is 1. The lowest BCUT2D eigenvalue weighted by Gasteiger charge is -2.29. The van der Waals surface area contributed by atoms with Gasteiger partial charge in [0.2, 0.25) is 0 Å². The van der Waals surface area contributed by atoms with Gasteiger partial charge in [0, 0.05) is 55.4 Å². The van der Waals surface area contributed by atoms with Crippen LogP contribution in [0.1, 0.15) is 21.7 Å². The molecule has 4 aromatic rings. The van der Waals surface area contributed by atoms with E-state index >= 15 is 0 Å². The number of nitrogens with zero attached hydrogens (tertiary/aromatic N) is 6. The predicted octanol–water partition coefficient (Wildman–Crippen LogP) is 3.35. The van der Waals surface area contributed by atoms with Gasteiger partial charge < -0.3 is 10.2 Å². The average molecular weight is 429 g/mol. The molecule has 5 rings (SSSR count). The summed E-state index contributed by atoms with van der Waals surface area (Å²) < 4.78 is 15.0. The Hall–Kier alpha value is -4.14. The topological polar surface area (TPSA) is 88.8 Å². The zero-order valence-corrected chi connectivity index (χ0v) is 17.4. The first kappa shape index (κ1) is 19.8.